The van der Waals surface area contributed by atoms with E-state index in [2.05, 4.69) is 17.4 Å². The molecule has 4 rings (SSSR count). The molecule has 0 unspecified atom stereocenters. The summed E-state index contributed by atoms with van der Waals surface area (Å²) in [5.74, 6) is 0.941. The zero-order chi connectivity index (χ0) is 14.9. The number of hydrogen-bond acceptors (Lipinski definition) is 3. The van der Waals surface area contributed by atoms with Crippen LogP contribution in [0.3, 0.4) is 0 Å². The van der Waals surface area contributed by atoms with Crippen LogP contribution in [-0.4, -0.2) is 28.8 Å². The fraction of sp³-hybridized carbons (Fsp3) is 0.444. The summed E-state index contributed by atoms with van der Waals surface area (Å²) in [7, 11) is 0. The fourth-order valence-electron chi connectivity index (χ4n) is 3.44. The maximum Gasteiger partial charge on any atom is 0.163 e. The first-order valence-corrected chi connectivity index (χ1v) is 8.06. The van der Waals surface area contributed by atoms with Crippen LogP contribution in [0.25, 0.3) is 11.1 Å². The van der Waals surface area contributed by atoms with Gasteiger partial charge in [-0.05, 0) is 36.3 Å². The number of ketones is 1. The van der Waals surface area contributed by atoms with Crippen LogP contribution in [0.1, 0.15) is 35.2 Å². The zero-order valence-corrected chi connectivity index (χ0v) is 12.6. The molecule has 1 saturated heterocycles. The van der Waals surface area contributed by atoms with Crippen LogP contribution < -0.4 is 0 Å². The number of carbonyl (C=O) groups excluding carboxylic acids is 1. The maximum absolute atomic E-state index is 11.7. The van der Waals surface area contributed by atoms with Crippen molar-refractivity contribution in [1.29, 1.82) is 0 Å². The number of Topliss-reactive ketones (excluding diaryl/α,β-unsaturated/α-hetero) is 1. The molecule has 1 fully saturated rings. The van der Waals surface area contributed by atoms with Crippen LogP contribution >= 0.6 is 0 Å². The molecule has 22 heavy (non-hydrogen) atoms. The van der Waals surface area contributed by atoms with E-state index in [4.69, 9.17) is 4.74 Å². The van der Waals surface area contributed by atoms with Gasteiger partial charge in [0.1, 0.15) is 0 Å². The minimum Gasteiger partial charge on any atom is -0.381 e. The lowest BCUT2D eigenvalue weighted by Crippen LogP contribution is -2.20. The van der Waals surface area contributed by atoms with E-state index in [0.29, 0.717) is 12.3 Å². The first-order chi connectivity index (χ1) is 10.8. The molecule has 2 aliphatic rings. The molecule has 2 heterocycles. The molecule has 0 bridgehead atoms. The number of aromatic nitrogens is 2. The molecule has 1 aromatic carbocycles. The third-order valence-corrected chi connectivity index (χ3v) is 4.78. The van der Waals surface area contributed by atoms with Gasteiger partial charge in [-0.25, -0.2) is 0 Å². The third kappa shape index (κ3) is 2.59. The van der Waals surface area contributed by atoms with Crippen molar-refractivity contribution in [2.75, 3.05) is 13.2 Å². The number of carbonyl (C=O) groups is 1. The summed E-state index contributed by atoms with van der Waals surface area (Å²) >= 11 is 0. The van der Waals surface area contributed by atoms with Crippen molar-refractivity contribution in [2.24, 2.45) is 5.92 Å². The van der Waals surface area contributed by atoms with Crippen molar-refractivity contribution in [3.63, 3.8) is 0 Å². The van der Waals surface area contributed by atoms with E-state index in [1.807, 2.05) is 23.0 Å². The Morgan fingerprint density at radius 2 is 2.05 bits per heavy atom. The normalized spacial score (nSPS) is 18.6. The van der Waals surface area contributed by atoms with Crippen molar-refractivity contribution < 1.29 is 9.53 Å². The summed E-state index contributed by atoms with van der Waals surface area (Å²) in [6.45, 7) is 2.71. The lowest BCUT2D eigenvalue weighted by molar-refractivity contribution is 0.0601. The van der Waals surface area contributed by atoms with E-state index in [-0.39, 0.29) is 5.78 Å². The summed E-state index contributed by atoms with van der Waals surface area (Å²) in [6.07, 6.45) is 7.82. The first-order valence-electron chi connectivity index (χ1n) is 8.06. The van der Waals surface area contributed by atoms with Crippen molar-refractivity contribution in [2.45, 2.75) is 32.2 Å². The molecule has 2 aromatic rings. The molecule has 0 saturated carbocycles. The van der Waals surface area contributed by atoms with Crippen LogP contribution in [0.5, 0.6) is 0 Å². The molecule has 0 N–H and O–H groups in total. The second-order valence-corrected chi connectivity index (χ2v) is 6.30. The third-order valence-electron chi connectivity index (χ3n) is 4.78. The summed E-state index contributed by atoms with van der Waals surface area (Å²) in [5.41, 5.74) is 4.37. The number of rotatable bonds is 3. The largest absolute Gasteiger partial charge is 0.381 e. The van der Waals surface area contributed by atoms with E-state index >= 15 is 0 Å². The van der Waals surface area contributed by atoms with E-state index < -0.39 is 0 Å². The lowest BCUT2D eigenvalue weighted by Gasteiger charge is -2.21. The van der Waals surface area contributed by atoms with Gasteiger partial charge in [-0.2, -0.15) is 5.10 Å². The van der Waals surface area contributed by atoms with Crippen LogP contribution in [0, 0.1) is 5.92 Å². The average molecular weight is 296 g/mol. The molecule has 0 radical (unpaired) electrons. The Balaban J connectivity index is 1.52. The van der Waals surface area contributed by atoms with Gasteiger partial charge in [0.2, 0.25) is 0 Å². The predicted octanol–water partition coefficient (Wildman–Crippen LogP) is 3.11. The highest BCUT2D eigenvalue weighted by atomic mass is 16.5. The minimum absolute atomic E-state index is 0.275. The van der Waals surface area contributed by atoms with Crippen LogP contribution in [0.15, 0.2) is 30.6 Å². The molecule has 0 spiro atoms. The van der Waals surface area contributed by atoms with E-state index in [1.165, 1.54) is 5.56 Å². The van der Waals surface area contributed by atoms with Gasteiger partial charge in [0, 0.05) is 43.5 Å². The maximum atomic E-state index is 11.7. The molecular weight excluding hydrogens is 276 g/mol. The number of ether oxygens (including phenoxy) is 1. The number of benzene rings is 1. The van der Waals surface area contributed by atoms with Crippen molar-refractivity contribution in [1.82, 2.24) is 9.78 Å². The lowest BCUT2D eigenvalue weighted by atomic mass is 10.0. The second kappa shape index (κ2) is 5.69. The van der Waals surface area contributed by atoms with Gasteiger partial charge in [0.05, 0.1) is 6.20 Å². The summed E-state index contributed by atoms with van der Waals surface area (Å²) in [4.78, 5) is 11.7. The number of aryl methyl sites for hydroxylation is 1. The Kier molecular flexibility index (Phi) is 3.54. The molecular formula is C18H20N2O2. The Hall–Kier alpha value is -1.94. The molecule has 4 heteroatoms. The fourth-order valence-corrected chi connectivity index (χ4v) is 3.44. The number of hydrogen-bond donors (Lipinski definition) is 0. The SMILES string of the molecule is O=C1CCc2cc(-c3cnn(CC4CCOCC4)c3)ccc21. The molecule has 114 valence electrons. The van der Waals surface area contributed by atoms with Gasteiger partial charge in [0.15, 0.2) is 5.78 Å². The molecule has 1 aromatic heterocycles. The van der Waals surface area contributed by atoms with Gasteiger partial charge < -0.3 is 4.74 Å². The summed E-state index contributed by atoms with van der Waals surface area (Å²) < 4.78 is 7.45. The Labute approximate surface area is 130 Å². The second-order valence-electron chi connectivity index (χ2n) is 6.30. The highest BCUT2D eigenvalue weighted by Gasteiger charge is 2.20. The van der Waals surface area contributed by atoms with E-state index in [0.717, 1.165) is 55.7 Å². The van der Waals surface area contributed by atoms with Gasteiger partial charge in [-0.15, -0.1) is 0 Å². The summed E-state index contributed by atoms with van der Waals surface area (Å²) in [6, 6.07) is 6.16. The van der Waals surface area contributed by atoms with Crippen molar-refractivity contribution >= 4 is 5.78 Å². The molecule has 0 amide bonds. The zero-order valence-electron chi connectivity index (χ0n) is 12.6. The standard InChI is InChI=1S/C18H20N2O2/c21-18-4-2-15-9-14(1-3-17(15)18)16-10-19-20(12-16)11-13-5-7-22-8-6-13/h1,3,9-10,12-13H,2,4-8,11H2. The highest BCUT2D eigenvalue weighted by Crippen LogP contribution is 2.28. The molecule has 0 atom stereocenters. The average Bonchev–Trinajstić information content (AvgIpc) is 3.15. The smallest absolute Gasteiger partial charge is 0.163 e. The Morgan fingerprint density at radius 1 is 1.18 bits per heavy atom. The van der Waals surface area contributed by atoms with Crippen LogP contribution in [0.2, 0.25) is 0 Å². The Morgan fingerprint density at radius 3 is 2.91 bits per heavy atom. The molecule has 1 aliphatic carbocycles. The quantitative estimate of drug-likeness (QED) is 0.874. The van der Waals surface area contributed by atoms with Crippen LogP contribution in [-0.2, 0) is 17.7 Å². The first kappa shape index (κ1) is 13.7. The van der Waals surface area contributed by atoms with Crippen molar-refractivity contribution in [3.8, 4) is 11.1 Å². The van der Waals surface area contributed by atoms with Gasteiger partial charge in [-0.1, -0.05) is 18.2 Å². The van der Waals surface area contributed by atoms with E-state index in [9.17, 15) is 4.79 Å². The number of nitrogens with zero attached hydrogens (tertiary/aromatic N) is 2. The van der Waals surface area contributed by atoms with Gasteiger partial charge >= 0.3 is 0 Å². The topological polar surface area (TPSA) is 44.1 Å². The Bertz CT molecular complexity index is 699. The minimum atomic E-state index is 0.275. The van der Waals surface area contributed by atoms with Crippen molar-refractivity contribution in [3.05, 3.63) is 41.7 Å². The summed E-state index contributed by atoms with van der Waals surface area (Å²) in [5, 5.41) is 4.50. The molecule has 1 aliphatic heterocycles. The number of fused-ring (bicyclic) bond motifs is 1. The molecule has 4 nitrogen and oxygen atoms in total. The van der Waals surface area contributed by atoms with E-state index in [1.54, 1.807) is 0 Å². The van der Waals surface area contributed by atoms with Gasteiger partial charge in [0.25, 0.3) is 0 Å². The predicted molar refractivity (Wildman–Crippen MR) is 83.9 cm³/mol. The van der Waals surface area contributed by atoms with Gasteiger partial charge in [-0.3, -0.25) is 9.48 Å². The highest BCUT2D eigenvalue weighted by molar-refractivity contribution is 6.00. The monoisotopic (exact) mass is 296 g/mol. The van der Waals surface area contributed by atoms with Crippen LogP contribution in [0.4, 0.5) is 0 Å².